The van der Waals surface area contributed by atoms with Gasteiger partial charge in [0.05, 0.1) is 25.3 Å². The van der Waals surface area contributed by atoms with Crippen molar-refractivity contribution in [2.24, 2.45) is 63.1 Å². The summed E-state index contributed by atoms with van der Waals surface area (Å²) in [6.07, 6.45) is -0.122. The zero-order valence-corrected chi connectivity index (χ0v) is 79.6. The van der Waals surface area contributed by atoms with Crippen molar-refractivity contribution >= 4 is 130 Å². The number of benzene rings is 2. The standard InChI is InChI=1S/C86H145N37O19/c1-47(90)68(128)112-53(19-6-9-33-88)70(130)114-54(20-7-10-34-89)71(131)119-59(30-31-65(91)125)76(136)115-56(22-12-36-105-83(95)96)73(133)121-62(40-48-16-3-2-4-17-48)78(138)116-57(23-13-37-106-84(97)98)74(134)122-63(42-50-44-103-46-110-50)79(139)117-58(24-14-38-107-85(99)100)75(135)123-64(43-66(92)126)80(140)118-55(21-11-35-104-82(93)94)72(132)113-52(18-5-8-32-87)69(129)109-45-67(127)111-61(41-49-26-28-51(124)29-27-49)77(137)120-60(81(141)142)25-15-39-108-86(101)102/h2-4,16-17,26-29,44,46-47,52-64,124H,5-15,18-25,30-43,45,87-90H2,1H3,(H2,91,125)(H2,92,126)(H,103,110)(H,109,129)(H,111,127)(H,112,128)(H,113,132)(H,114,130)(H,115,136)(H,116,138)(H,117,139)(H,118,140)(H,119,131)(H,120,137)(H,121,133)(H,122,134)(H,123,135)(H,141,142)(H4,93,94,104)(H4,95,96,105)(H4,97,98,106)(H4,99,100,107)(H4,101,102,108)/t47-,52-,53-,54-,55-,56-,57-,58-,59-,60-,61-,62-,63-,64-/m0/s1. The van der Waals surface area contributed by atoms with Crippen molar-refractivity contribution in [1.29, 1.82) is 27.0 Å². The van der Waals surface area contributed by atoms with Gasteiger partial charge in [0.2, 0.25) is 94.5 Å². The summed E-state index contributed by atoms with van der Waals surface area (Å²) >= 11 is 0. The summed E-state index contributed by atoms with van der Waals surface area (Å²) in [4.78, 5) is 248. The van der Waals surface area contributed by atoms with Crippen LogP contribution in [0.15, 0.2) is 67.1 Å². The van der Waals surface area contributed by atoms with E-state index in [1.165, 1.54) is 43.7 Å². The summed E-state index contributed by atoms with van der Waals surface area (Å²) in [5.74, 6) is -20.2. The Balaban J connectivity index is 2.13. The van der Waals surface area contributed by atoms with Crippen molar-refractivity contribution in [3.05, 3.63) is 83.9 Å². The van der Waals surface area contributed by atoms with E-state index in [9.17, 15) is 72.5 Å². The minimum atomic E-state index is -2.00. The zero-order chi connectivity index (χ0) is 106. The molecule has 3 rings (SSSR count). The number of aromatic nitrogens is 2. The van der Waals surface area contributed by atoms with Crippen LogP contribution in [-0.4, -0.2) is 294 Å². The molecule has 142 heavy (non-hydrogen) atoms. The fourth-order valence-electron chi connectivity index (χ4n) is 14.0. The third-order valence-electron chi connectivity index (χ3n) is 21.6. The number of nitrogens with zero attached hydrogens (tertiary/aromatic N) is 1. The number of aromatic amines is 1. The third kappa shape index (κ3) is 50.8. The van der Waals surface area contributed by atoms with Crippen LogP contribution < -0.4 is 164 Å². The first-order valence-corrected chi connectivity index (χ1v) is 46.5. The number of hydrogen-bond donors (Lipinski definition) is 38. The lowest BCUT2D eigenvalue weighted by atomic mass is 10.0. The lowest BCUT2D eigenvalue weighted by Gasteiger charge is -2.29. The number of rotatable bonds is 72. The number of nitrogens with one attached hydrogen (secondary N) is 25. The second kappa shape index (κ2) is 67.0. The van der Waals surface area contributed by atoms with Gasteiger partial charge in [0.15, 0.2) is 29.8 Å². The van der Waals surface area contributed by atoms with Crippen molar-refractivity contribution in [2.45, 2.75) is 252 Å². The van der Waals surface area contributed by atoms with Gasteiger partial charge in [-0.25, -0.2) is 9.78 Å². The topological polar surface area (TPSA) is 993 Å². The van der Waals surface area contributed by atoms with E-state index in [1.807, 2.05) is 0 Å². The highest BCUT2D eigenvalue weighted by molar-refractivity contribution is 6.01. The van der Waals surface area contributed by atoms with Crippen LogP contribution in [-0.2, 0) is 101 Å². The number of phenolic OH excluding ortho intramolecular Hbond substituents is 1. The molecule has 0 saturated carbocycles. The number of nitrogens with two attached hydrogens (primary N) is 11. The summed E-state index contributed by atoms with van der Waals surface area (Å²) in [5, 5.41) is 107. The van der Waals surface area contributed by atoms with Crippen LogP contribution >= 0.6 is 0 Å². The first kappa shape index (κ1) is 121. The van der Waals surface area contributed by atoms with E-state index in [4.69, 9.17) is 90.1 Å². The fraction of sp³-hybridized carbons (Fsp3) is 0.570. The van der Waals surface area contributed by atoms with E-state index in [0.717, 1.165) is 0 Å². The molecule has 0 saturated heterocycles. The third-order valence-corrected chi connectivity index (χ3v) is 21.6. The Kier molecular flexibility index (Phi) is 57.0. The first-order chi connectivity index (χ1) is 67.4. The smallest absolute Gasteiger partial charge is 0.326 e. The van der Waals surface area contributed by atoms with Crippen molar-refractivity contribution in [3.63, 3.8) is 0 Å². The lowest BCUT2D eigenvalue weighted by molar-refractivity contribution is -0.142. The van der Waals surface area contributed by atoms with E-state index in [-0.39, 0.29) is 179 Å². The first-order valence-electron chi connectivity index (χ1n) is 46.5. The Hall–Kier alpha value is -15.4. The Morgan fingerprint density at radius 2 is 0.620 bits per heavy atom. The maximum atomic E-state index is 15.3. The van der Waals surface area contributed by atoms with Crippen LogP contribution in [0.1, 0.15) is 165 Å². The average molecular weight is 2000 g/mol. The Labute approximate surface area is 820 Å². The minimum Gasteiger partial charge on any atom is -0.508 e. The number of hydrogen-bond acceptors (Lipinski definition) is 28. The van der Waals surface area contributed by atoms with Gasteiger partial charge < -0.3 is 179 Å². The largest absolute Gasteiger partial charge is 0.508 e. The van der Waals surface area contributed by atoms with Crippen molar-refractivity contribution in [1.82, 2.24) is 111 Å². The number of primary amides is 2. The van der Waals surface area contributed by atoms with Gasteiger partial charge in [0.25, 0.3) is 0 Å². The van der Waals surface area contributed by atoms with Crippen LogP contribution in [0.25, 0.3) is 0 Å². The molecular formula is C86H145N37O19. The predicted octanol–water partition coefficient (Wildman–Crippen LogP) is -11.2. The number of unbranched alkanes of at least 4 members (excludes halogenated alkanes) is 3. The van der Waals surface area contributed by atoms with Crippen LogP contribution in [0.2, 0.25) is 0 Å². The quantitative estimate of drug-likeness (QED) is 0.0142. The van der Waals surface area contributed by atoms with Crippen molar-refractivity contribution in [3.8, 4) is 5.75 Å². The number of phenols is 1. The monoisotopic (exact) mass is 2000 g/mol. The van der Waals surface area contributed by atoms with Gasteiger partial charge in [-0.1, -0.05) is 42.5 Å². The van der Waals surface area contributed by atoms with Gasteiger partial charge >= 0.3 is 5.97 Å². The Morgan fingerprint density at radius 1 is 0.331 bits per heavy atom. The van der Waals surface area contributed by atoms with E-state index in [0.29, 0.717) is 36.8 Å². The molecule has 0 aliphatic carbocycles. The summed E-state index contributed by atoms with van der Waals surface area (Å²) < 4.78 is 0. The Bertz CT molecular complexity index is 4630. The summed E-state index contributed by atoms with van der Waals surface area (Å²) in [6.45, 7) is 0.847. The fourth-order valence-corrected chi connectivity index (χ4v) is 14.0. The molecule has 0 radical (unpaired) electrons. The van der Waals surface area contributed by atoms with Gasteiger partial charge in [-0.05, 0) is 178 Å². The molecule has 1 aromatic heterocycles. The second-order valence-electron chi connectivity index (χ2n) is 33.5. The minimum absolute atomic E-state index is 0.0198. The molecule has 16 amide bonds. The number of carboxylic acid groups (broad SMARTS) is 1. The molecule has 788 valence electrons. The molecule has 1 heterocycles. The SMILES string of the molecule is C[C@H](N)C(=O)N[C@@H](CCCCN)C(=O)N[C@@H](CCCCN)C(=O)N[C@@H](CCC(N)=O)C(=O)N[C@@H](CCCNC(=N)N)C(=O)N[C@@H](Cc1ccccc1)C(=O)N[C@@H](CCCNC(=N)N)C(=O)N[C@@H](Cc1cnc[nH]1)C(=O)N[C@@H](CCCNC(=N)N)C(=O)N[C@@H](CC(N)=O)C(=O)N[C@@H](CCCNC(=N)N)C(=O)N[C@@H](CCCCN)C(=O)NCC(=O)N[C@@H](Cc1ccc(O)cc1)C(=O)N[C@@H](CCCNC(=N)N)C(=O)O. The highest BCUT2D eigenvalue weighted by atomic mass is 16.4. The summed E-state index contributed by atoms with van der Waals surface area (Å²) in [6, 6.07) is -8.39. The maximum absolute atomic E-state index is 15.3. The highest BCUT2D eigenvalue weighted by Gasteiger charge is 2.39. The van der Waals surface area contributed by atoms with Gasteiger partial charge in [-0.2, -0.15) is 0 Å². The molecule has 56 nitrogen and oxygen atoms in total. The molecule has 49 N–H and O–H groups in total. The van der Waals surface area contributed by atoms with E-state index in [2.05, 4.69) is 111 Å². The molecule has 0 aliphatic heterocycles. The molecule has 14 atom stereocenters. The summed E-state index contributed by atoms with van der Waals surface area (Å²) in [7, 11) is 0. The summed E-state index contributed by atoms with van der Waals surface area (Å²) in [5.41, 5.74) is 63.2. The molecule has 56 heteroatoms. The van der Waals surface area contributed by atoms with Crippen molar-refractivity contribution in [2.75, 3.05) is 58.9 Å². The molecule has 0 unspecified atom stereocenters. The molecule has 0 bridgehead atoms. The van der Waals surface area contributed by atoms with E-state index in [1.54, 1.807) is 30.3 Å². The highest BCUT2D eigenvalue weighted by Crippen LogP contribution is 2.17. The molecule has 0 fully saturated rings. The van der Waals surface area contributed by atoms with Crippen LogP contribution in [0.5, 0.6) is 5.75 Å². The number of carboxylic acids is 1. The maximum Gasteiger partial charge on any atom is 0.326 e. The van der Waals surface area contributed by atoms with E-state index >= 15 is 19.2 Å². The van der Waals surface area contributed by atoms with Crippen LogP contribution in [0.3, 0.4) is 0 Å². The van der Waals surface area contributed by atoms with Crippen molar-refractivity contribution < 1.29 is 91.7 Å². The second-order valence-corrected chi connectivity index (χ2v) is 33.5. The molecule has 0 spiro atoms. The molecular weight excluding hydrogens is 1860 g/mol. The molecule has 0 aliphatic rings. The average Bonchev–Trinajstić information content (AvgIpc) is 1.04. The Morgan fingerprint density at radius 3 is 0.944 bits per heavy atom. The number of imidazole rings is 1. The number of aliphatic carboxylic acids is 1. The van der Waals surface area contributed by atoms with E-state index < -0.39 is 241 Å². The van der Waals surface area contributed by atoms with Gasteiger partial charge in [-0.3, -0.25) is 104 Å². The van der Waals surface area contributed by atoms with Crippen LogP contribution in [0.4, 0.5) is 0 Å². The number of carbonyl (C=O) groups is 17. The number of guanidine groups is 5. The lowest BCUT2D eigenvalue weighted by Crippen LogP contribution is -2.61. The zero-order valence-electron chi connectivity index (χ0n) is 79.6. The molecule has 2 aromatic carbocycles. The van der Waals surface area contributed by atoms with Gasteiger partial charge in [0.1, 0.15) is 84.3 Å². The number of amides is 16. The number of carbonyl (C=O) groups excluding carboxylic acids is 16. The molecule has 3 aromatic rings. The van der Waals surface area contributed by atoms with Crippen LogP contribution in [0, 0.1) is 27.0 Å². The van der Waals surface area contributed by atoms with Gasteiger partial charge in [0, 0.05) is 70.3 Å². The normalized spacial score (nSPS) is 13.8. The number of H-pyrrole nitrogens is 1. The number of aromatic hydroxyl groups is 1. The predicted molar refractivity (Wildman–Crippen MR) is 520 cm³/mol. The van der Waals surface area contributed by atoms with Gasteiger partial charge in [-0.15, -0.1) is 0 Å².